The van der Waals surface area contributed by atoms with Gasteiger partial charge in [0.15, 0.2) is 0 Å². The van der Waals surface area contributed by atoms with Gasteiger partial charge in [-0.3, -0.25) is 0 Å². The van der Waals surface area contributed by atoms with Crippen molar-refractivity contribution in [2.75, 3.05) is 6.54 Å². The minimum Gasteiger partial charge on any atom is -0.330 e. The van der Waals surface area contributed by atoms with Gasteiger partial charge in [-0.2, -0.15) is 0 Å². The van der Waals surface area contributed by atoms with Crippen LogP contribution >= 0.6 is 0 Å². The van der Waals surface area contributed by atoms with Gasteiger partial charge in [0.05, 0.1) is 0 Å². The molecule has 0 heterocycles. The van der Waals surface area contributed by atoms with Crippen molar-refractivity contribution in [1.82, 2.24) is 0 Å². The van der Waals surface area contributed by atoms with Gasteiger partial charge in [-0.05, 0) is 54.0 Å². The zero-order valence-corrected chi connectivity index (χ0v) is 17.1. The molecule has 3 aliphatic rings. The average Bonchev–Trinajstić information content (AvgIpc) is 2.83. The molecule has 0 bridgehead atoms. The molecule has 2 N–H and O–H groups in total. The number of hydrogen-bond donors (Lipinski definition) is 1. The predicted molar refractivity (Wildman–Crippen MR) is 105 cm³/mol. The van der Waals surface area contributed by atoms with Crippen LogP contribution in [0.2, 0.25) is 5.04 Å². The summed E-state index contributed by atoms with van der Waals surface area (Å²) in [5.74, 6) is 0.726. The van der Waals surface area contributed by atoms with Crippen LogP contribution in [-0.2, 0) is 0 Å². The molecule has 1 fully saturated rings. The highest BCUT2D eigenvalue weighted by molar-refractivity contribution is 6.19. The summed E-state index contributed by atoms with van der Waals surface area (Å²) in [7, 11) is 1.18. The quantitative estimate of drug-likeness (QED) is 0.757. The first-order chi connectivity index (χ1) is 11.0. The molecule has 3 aliphatic carbocycles. The van der Waals surface area contributed by atoms with Gasteiger partial charge in [-0.15, -0.1) is 0 Å². The van der Waals surface area contributed by atoms with E-state index in [9.17, 15) is 0 Å². The van der Waals surface area contributed by atoms with Gasteiger partial charge in [-0.1, -0.05) is 74.8 Å². The summed E-state index contributed by atoms with van der Waals surface area (Å²) in [5, 5.41) is 0.292. The number of hydrogen-bond acceptors (Lipinski definition) is 1. The highest BCUT2D eigenvalue weighted by Gasteiger charge is 2.62. The molecule has 0 aromatic rings. The van der Waals surface area contributed by atoms with Crippen LogP contribution in [-0.4, -0.2) is 16.8 Å². The van der Waals surface area contributed by atoms with Crippen molar-refractivity contribution in [2.24, 2.45) is 22.5 Å². The van der Waals surface area contributed by atoms with Crippen molar-refractivity contribution in [3.63, 3.8) is 0 Å². The van der Waals surface area contributed by atoms with Gasteiger partial charge >= 0.3 is 0 Å². The third-order valence-corrected chi connectivity index (χ3v) is 10.1. The molecule has 23 heavy (non-hydrogen) atoms. The fraction of sp³-hybridized carbons (Fsp3) is 0.619. The third-order valence-electron chi connectivity index (χ3n) is 7.32. The van der Waals surface area contributed by atoms with E-state index in [1.54, 1.807) is 5.57 Å². The fourth-order valence-corrected chi connectivity index (χ4v) is 7.29. The van der Waals surface area contributed by atoms with Crippen LogP contribution in [0.1, 0.15) is 52.4 Å². The molecule has 0 aromatic heterocycles. The number of nitrogens with two attached hydrogens (primary N) is 1. The van der Waals surface area contributed by atoms with Crippen LogP contribution in [0.3, 0.4) is 0 Å². The molecule has 126 valence electrons. The Labute approximate surface area is 145 Å². The number of allylic oxidation sites excluding steroid dienone is 8. The Bertz CT molecular complexity index is 572. The summed E-state index contributed by atoms with van der Waals surface area (Å²) < 4.78 is 0. The zero-order chi connectivity index (χ0) is 16.6. The lowest BCUT2D eigenvalue weighted by molar-refractivity contribution is 0.134. The van der Waals surface area contributed by atoms with Crippen LogP contribution in [0, 0.1) is 16.7 Å². The molecule has 1 nitrogen and oxygen atoms in total. The Balaban J connectivity index is 2.13. The first-order valence-electron chi connectivity index (χ1n) is 9.45. The number of unbranched alkanes of at least 4 members (excludes halogenated alkanes) is 1. The Kier molecular flexibility index (Phi) is 4.59. The van der Waals surface area contributed by atoms with Crippen molar-refractivity contribution in [3.05, 3.63) is 48.1 Å². The topological polar surface area (TPSA) is 26.0 Å². The van der Waals surface area contributed by atoms with E-state index in [1.807, 2.05) is 0 Å². The molecule has 3 rings (SSSR count). The highest BCUT2D eigenvalue weighted by Crippen LogP contribution is 2.73. The largest absolute Gasteiger partial charge is 0.330 e. The molecule has 0 saturated heterocycles. The summed E-state index contributed by atoms with van der Waals surface area (Å²) in [4.78, 5) is 0. The lowest BCUT2D eigenvalue weighted by atomic mass is 9.57. The first-order valence-corrected chi connectivity index (χ1v) is 10.4. The number of rotatable bonds is 5. The minimum atomic E-state index is 0.241. The van der Waals surface area contributed by atoms with E-state index in [2.05, 4.69) is 56.4 Å². The Morgan fingerprint density at radius 1 is 1.26 bits per heavy atom. The fourth-order valence-electron chi connectivity index (χ4n) is 5.68. The van der Waals surface area contributed by atoms with Gasteiger partial charge in [0.2, 0.25) is 0 Å². The van der Waals surface area contributed by atoms with Crippen LogP contribution in [0.5, 0.6) is 0 Å². The molecule has 0 radical (unpaired) electrons. The summed E-state index contributed by atoms with van der Waals surface area (Å²) in [5.41, 5.74) is 8.68. The highest BCUT2D eigenvalue weighted by atomic mass is 28.1. The summed E-state index contributed by atoms with van der Waals surface area (Å²) in [6.45, 7) is 5.62. The van der Waals surface area contributed by atoms with E-state index < -0.39 is 0 Å². The lowest BCUT2D eigenvalue weighted by Gasteiger charge is -2.55. The van der Waals surface area contributed by atoms with Gasteiger partial charge in [-0.25, -0.2) is 0 Å². The maximum Gasteiger partial charge on any atom is 0.0177 e. The van der Waals surface area contributed by atoms with Gasteiger partial charge < -0.3 is 5.73 Å². The molecule has 0 aromatic carbocycles. The number of fused-ring (bicyclic) bond motifs is 1. The average molecular weight is 328 g/mol. The van der Waals surface area contributed by atoms with E-state index in [-0.39, 0.29) is 10.8 Å². The maximum absolute atomic E-state index is 6.42. The van der Waals surface area contributed by atoms with Crippen molar-refractivity contribution >= 4 is 10.2 Å². The second-order valence-electron chi connectivity index (χ2n) is 8.33. The standard InChI is InChI=1S/C21H33NSi/c1-3-4-12-20(13-8-5-9-14-20)21(23)18-11-7-6-10-17(18)15-19(21,2)16-22/h5-9,11,13,17H,3-4,10,12,14-16,22H2,1-2,23H3. The Morgan fingerprint density at radius 3 is 2.74 bits per heavy atom. The molecule has 0 aliphatic heterocycles. The van der Waals surface area contributed by atoms with E-state index in [4.69, 9.17) is 5.73 Å². The third kappa shape index (κ3) is 2.37. The van der Waals surface area contributed by atoms with E-state index >= 15 is 0 Å². The molecule has 1 saturated carbocycles. The first kappa shape index (κ1) is 17.0. The van der Waals surface area contributed by atoms with Crippen molar-refractivity contribution < 1.29 is 0 Å². The summed E-state index contributed by atoms with van der Waals surface area (Å²) >= 11 is 0. The SMILES string of the molecule is CCCCC1(C2([SiH3])C3=CC=CCC3CC2(C)CN)C=CC=CC1. The predicted octanol–water partition coefficient (Wildman–Crippen LogP) is 4.07. The van der Waals surface area contributed by atoms with Gasteiger partial charge in [0, 0.05) is 10.2 Å². The van der Waals surface area contributed by atoms with Crippen LogP contribution < -0.4 is 5.73 Å². The minimum absolute atomic E-state index is 0.241. The molecule has 0 spiro atoms. The smallest absolute Gasteiger partial charge is 0.0177 e. The maximum atomic E-state index is 6.42. The molecule has 4 atom stereocenters. The molecular weight excluding hydrogens is 294 g/mol. The van der Waals surface area contributed by atoms with Crippen LogP contribution in [0.4, 0.5) is 0 Å². The Hall–Kier alpha value is -0.863. The van der Waals surface area contributed by atoms with Gasteiger partial charge in [0.1, 0.15) is 0 Å². The molecule has 0 amide bonds. The Morgan fingerprint density at radius 2 is 2.09 bits per heavy atom. The van der Waals surface area contributed by atoms with Gasteiger partial charge in [0.25, 0.3) is 0 Å². The van der Waals surface area contributed by atoms with E-state index in [0.717, 1.165) is 12.5 Å². The zero-order valence-electron chi connectivity index (χ0n) is 15.1. The van der Waals surface area contributed by atoms with E-state index in [1.165, 1.54) is 48.8 Å². The molecular formula is C21H33NSi. The van der Waals surface area contributed by atoms with E-state index in [0.29, 0.717) is 5.04 Å². The second-order valence-corrected chi connectivity index (χ2v) is 9.83. The van der Waals surface area contributed by atoms with Crippen LogP contribution in [0.25, 0.3) is 0 Å². The summed E-state index contributed by atoms with van der Waals surface area (Å²) in [6, 6.07) is 0. The van der Waals surface area contributed by atoms with Crippen molar-refractivity contribution in [1.29, 1.82) is 0 Å². The monoisotopic (exact) mass is 327 g/mol. The molecule has 4 unspecified atom stereocenters. The lowest BCUT2D eigenvalue weighted by Crippen LogP contribution is -2.48. The van der Waals surface area contributed by atoms with Crippen LogP contribution in [0.15, 0.2) is 48.1 Å². The van der Waals surface area contributed by atoms with Crippen molar-refractivity contribution in [3.8, 4) is 0 Å². The van der Waals surface area contributed by atoms with Crippen molar-refractivity contribution in [2.45, 2.75) is 57.4 Å². The normalized spacial score (nSPS) is 42.0. The molecule has 2 heteroatoms. The second kappa shape index (κ2) is 6.21. The summed E-state index contributed by atoms with van der Waals surface area (Å²) in [6.07, 6.45) is 24.2.